The molecule has 0 spiro atoms. The lowest BCUT2D eigenvalue weighted by molar-refractivity contribution is 1.41. The van der Waals surface area contributed by atoms with Gasteiger partial charge in [0.25, 0.3) is 0 Å². The Kier molecular flexibility index (Phi) is 2.17. The Morgan fingerprint density at radius 3 is 2.50 bits per heavy atom. The molecular weight excluding hydrogens is 194 g/mol. The molecule has 1 heterocycles. The molecule has 0 saturated heterocycles. The molecular formula is C10H7N3S. The number of nitrogen functional groups attached to an aromatic ring is 1. The molecule has 1 aromatic carbocycles. The molecule has 68 valence electrons. The number of benzene rings is 1. The summed E-state index contributed by atoms with van der Waals surface area (Å²) in [6.07, 6.45) is 1.64. The Morgan fingerprint density at radius 1 is 1.29 bits per heavy atom. The molecule has 14 heavy (non-hydrogen) atoms. The van der Waals surface area contributed by atoms with Crippen LogP contribution in [0.4, 0.5) is 5.00 Å². The molecule has 0 aliphatic heterocycles. The SMILES string of the molecule is N#Cc1ccc(-c2ncc(N)s2)cc1. The summed E-state index contributed by atoms with van der Waals surface area (Å²) in [6, 6.07) is 9.35. The van der Waals surface area contributed by atoms with Gasteiger partial charge in [-0.3, -0.25) is 0 Å². The number of anilines is 1. The minimum atomic E-state index is 0.651. The smallest absolute Gasteiger partial charge is 0.125 e. The Labute approximate surface area is 85.4 Å². The summed E-state index contributed by atoms with van der Waals surface area (Å²) in [5, 5.41) is 10.2. The maximum Gasteiger partial charge on any atom is 0.125 e. The van der Waals surface area contributed by atoms with E-state index in [4.69, 9.17) is 11.0 Å². The molecule has 0 radical (unpaired) electrons. The molecule has 1 aromatic heterocycles. The lowest BCUT2D eigenvalue weighted by Gasteiger charge is -1.94. The van der Waals surface area contributed by atoms with Crippen LogP contribution in [0.5, 0.6) is 0 Å². The zero-order valence-corrected chi connectivity index (χ0v) is 8.08. The van der Waals surface area contributed by atoms with E-state index in [2.05, 4.69) is 11.1 Å². The largest absolute Gasteiger partial charge is 0.389 e. The van der Waals surface area contributed by atoms with Crippen molar-refractivity contribution < 1.29 is 0 Å². The van der Waals surface area contributed by atoms with Crippen molar-refractivity contribution in [1.29, 1.82) is 5.26 Å². The summed E-state index contributed by atoms with van der Waals surface area (Å²) >= 11 is 1.44. The van der Waals surface area contributed by atoms with Crippen LogP contribution in [0.15, 0.2) is 30.5 Å². The van der Waals surface area contributed by atoms with Crippen LogP contribution in [-0.2, 0) is 0 Å². The van der Waals surface area contributed by atoms with Crippen LogP contribution < -0.4 is 5.73 Å². The fourth-order valence-electron chi connectivity index (χ4n) is 1.11. The quantitative estimate of drug-likeness (QED) is 0.769. The van der Waals surface area contributed by atoms with Gasteiger partial charge in [0.05, 0.1) is 17.8 Å². The van der Waals surface area contributed by atoms with Gasteiger partial charge in [-0.05, 0) is 12.1 Å². The van der Waals surface area contributed by atoms with Gasteiger partial charge in [0.15, 0.2) is 0 Å². The Morgan fingerprint density at radius 2 is 2.00 bits per heavy atom. The number of thiazole rings is 1. The third kappa shape index (κ3) is 1.58. The van der Waals surface area contributed by atoms with Gasteiger partial charge < -0.3 is 5.73 Å². The minimum absolute atomic E-state index is 0.651. The van der Waals surface area contributed by atoms with E-state index in [1.54, 1.807) is 18.3 Å². The summed E-state index contributed by atoms with van der Waals surface area (Å²) in [5.41, 5.74) is 7.22. The monoisotopic (exact) mass is 201 g/mol. The van der Waals surface area contributed by atoms with Gasteiger partial charge in [-0.1, -0.05) is 23.5 Å². The van der Waals surface area contributed by atoms with E-state index in [-0.39, 0.29) is 0 Å². The maximum absolute atomic E-state index is 8.62. The Balaban J connectivity index is 2.39. The lowest BCUT2D eigenvalue weighted by atomic mass is 10.1. The van der Waals surface area contributed by atoms with Crippen LogP contribution in [0.3, 0.4) is 0 Å². The van der Waals surface area contributed by atoms with Crippen molar-refractivity contribution in [3.63, 3.8) is 0 Å². The number of nitriles is 1. The number of hydrogen-bond acceptors (Lipinski definition) is 4. The first-order valence-electron chi connectivity index (χ1n) is 4.01. The van der Waals surface area contributed by atoms with E-state index in [1.807, 2.05) is 12.1 Å². The third-order valence-corrected chi connectivity index (χ3v) is 2.66. The Bertz CT molecular complexity index is 479. The highest BCUT2D eigenvalue weighted by molar-refractivity contribution is 7.18. The first-order chi connectivity index (χ1) is 6.79. The second-order valence-electron chi connectivity index (χ2n) is 2.76. The van der Waals surface area contributed by atoms with Crippen molar-refractivity contribution >= 4 is 16.3 Å². The molecule has 4 heteroatoms. The molecule has 0 atom stereocenters. The van der Waals surface area contributed by atoms with Gasteiger partial charge >= 0.3 is 0 Å². The summed E-state index contributed by atoms with van der Waals surface area (Å²) in [7, 11) is 0. The van der Waals surface area contributed by atoms with Crippen LogP contribution in [0, 0.1) is 11.3 Å². The van der Waals surface area contributed by atoms with E-state index in [0.29, 0.717) is 10.6 Å². The first kappa shape index (κ1) is 8.73. The molecule has 3 nitrogen and oxygen atoms in total. The highest BCUT2D eigenvalue weighted by Gasteiger charge is 2.01. The predicted molar refractivity (Wildman–Crippen MR) is 56.7 cm³/mol. The molecule has 2 N–H and O–H groups in total. The van der Waals surface area contributed by atoms with Gasteiger partial charge in [-0.25, -0.2) is 4.98 Å². The highest BCUT2D eigenvalue weighted by Crippen LogP contribution is 2.26. The summed E-state index contributed by atoms with van der Waals surface area (Å²) < 4.78 is 0. The van der Waals surface area contributed by atoms with Crippen LogP contribution in [0.25, 0.3) is 10.6 Å². The first-order valence-corrected chi connectivity index (χ1v) is 4.83. The van der Waals surface area contributed by atoms with Gasteiger partial charge in [-0.15, -0.1) is 0 Å². The minimum Gasteiger partial charge on any atom is -0.389 e. The fourth-order valence-corrected chi connectivity index (χ4v) is 1.80. The molecule has 2 aromatic rings. The summed E-state index contributed by atoms with van der Waals surface area (Å²) in [4.78, 5) is 4.15. The summed E-state index contributed by atoms with van der Waals surface area (Å²) in [5.74, 6) is 0. The standard InChI is InChI=1S/C10H7N3S/c11-5-7-1-3-8(4-2-7)10-13-6-9(12)14-10/h1-4,6H,12H2. The number of hydrogen-bond donors (Lipinski definition) is 1. The Hall–Kier alpha value is -1.86. The average Bonchev–Trinajstić information content (AvgIpc) is 2.65. The van der Waals surface area contributed by atoms with Gasteiger partial charge in [0.1, 0.15) is 10.0 Å². The third-order valence-electron chi connectivity index (χ3n) is 1.78. The average molecular weight is 201 g/mol. The number of aromatic nitrogens is 1. The van der Waals surface area contributed by atoms with Crippen LogP contribution in [-0.4, -0.2) is 4.98 Å². The van der Waals surface area contributed by atoms with E-state index in [9.17, 15) is 0 Å². The lowest BCUT2D eigenvalue weighted by Crippen LogP contribution is -1.76. The van der Waals surface area contributed by atoms with Crippen LogP contribution in [0.1, 0.15) is 5.56 Å². The van der Waals surface area contributed by atoms with E-state index < -0.39 is 0 Å². The molecule has 2 rings (SSSR count). The van der Waals surface area contributed by atoms with Crippen LogP contribution >= 0.6 is 11.3 Å². The van der Waals surface area contributed by atoms with Gasteiger partial charge in [-0.2, -0.15) is 5.26 Å². The molecule has 0 amide bonds. The zero-order valence-electron chi connectivity index (χ0n) is 7.27. The molecule has 0 saturated carbocycles. The van der Waals surface area contributed by atoms with Crippen molar-refractivity contribution in [1.82, 2.24) is 4.98 Å². The normalized spacial score (nSPS) is 9.64. The maximum atomic E-state index is 8.62. The van der Waals surface area contributed by atoms with E-state index in [0.717, 1.165) is 10.6 Å². The van der Waals surface area contributed by atoms with E-state index >= 15 is 0 Å². The molecule has 0 aliphatic carbocycles. The number of rotatable bonds is 1. The molecule has 0 fully saturated rings. The highest BCUT2D eigenvalue weighted by atomic mass is 32.1. The van der Waals surface area contributed by atoms with Crippen molar-refractivity contribution in [2.24, 2.45) is 0 Å². The van der Waals surface area contributed by atoms with Gasteiger partial charge in [0, 0.05) is 5.56 Å². The fraction of sp³-hybridized carbons (Fsp3) is 0. The van der Waals surface area contributed by atoms with Crippen LogP contribution in [0.2, 0.25) is 0 Å². The second-order valence-corrected chi connectivity index (χ2v) is 3.82. The predicted octanol–water partition coefficient (Wildman–Crippen LogP) is 2.26. The van der Waals surface area contributed by atoms with Crippen molar-refractivity contribution in [3.05, 3.63) is 36.0 Å². The van der Waals surface area contributed by atoms with Gasteiger partial charge in [0.2, 0.25) is 0 Å². The van der Waals surface area contributed by atoms with Crippen molar-refractivity contribution in [2.45, 2.75) is 0 Å². The summed E-state index contributed by atoms with van der Waals surface area (Å²) in [6.45, 7) is 0. The van der Waals surface area contributed by atoms with E-state index in [1.165, 1.54) is 11.3 Å². The zero-order chi connectivity index (χ0) is 9.97. The van der Waals surface area contributed by atoms with Crippen molar-refractivity contribution in [3.8, 4) is 16.6 Å². The number of nitrogens with zero attached hydrogens (tertiary/aromatic N) is 2. The second kappa shape index (κ2) is 3.48. The molecule has 0 bridgehead atoms. The molecule has 0 aliphatic rings. The number of nitrogens with two attached hydrogens (primary N) is 1. The van der Waals surface area contributed by atoms with Crippen molar-refractivity contribution in [2.75, 3.05) is 5.73 Å². The topological polar surface area (TPSA) is 62.7 Å². The molecule has 0 unspecified atom stereocenters.